The Bertz CT molecular complexity index is 227. The zero-order valence-corrected chi connectivity index (χ0v) is 9.11. The largest absolute Gasteiger partial charge is 0.481 e. The van der Waals surface area contributed by atoms with E-state index in [1.54, 1.807) is 0 Å². The van der Waals surface area contributed by atoms with Crippen molar-refractivity contribution in [1.29, 1.82) is 0 Å². The van der Waals surface area contributed by atoms with E-state index in [4.69, 9.17) is 5.11 Å². The van der Waals surface area contributed by atoms with E-state index in [2.05, 4.69) is 10.2 Å². The SMILES string of the molecule is O=C(O)CC1CNCCN1C1CCCC1. The van der Waals surface area contributed by atoms with Gasteiger partial charge in [0.15, 0.2) is 0 Å². The van der Waals surface area contributed by atoms with Gasteiger partial charge in [0.25, 0.3) is 0 Å². The van der Waals surface area contributed by atoms with Crippen molar-refractivity contribution in [2.75, 3.05) is 19.6 Å². The van der Waals surface area contributed by atoms with Crippen LogP contribution in [0.15, 0.2) is 0 Å². The molecule has 0 aromatic heterocycles. The highest BCUT2D eigenvalue weighted by Gasteiger charge is 2.31. The summed E-state index contributed by atoms with van der Waals surface area (Å²) in [5, 5.41) is 12.2. The first kappa shape index (κ1) is 10.9. The van der Waals surface area contributed by atoms with E-state index in [0.717, 1.165) is 19.6 Å². The van der Waals surface area contributed by atoms with Crippen LogP contribution in [-0.2, 0) is 4.79 Å². The Labute approximate surface area is 90.6 Å². The maximum atomic E-state index is 10.8. The second-order valence-electron chi connectivity index (χ2n) is 4.63. The lowest BCUT2D eigenvalue weighted by Crippen LogP contribution is -2.55. The molecule has 2 N–H and O–H groups in total. The van der Waals surface area contributed by atoms with Crippen molar-refractivity contribution < 1.29 is 9.90 Å². The van der Waals surface area contributed by atoms with Crippen molar-refractivity contribution in [3.8, 4) is 0 Å². The van der Waals surface area contributed by atoms with Crippen molar-refractivity contribution >= 4 is 5.97 Å². The molecule has 1 aliphatic heterocycles. The normalized spacial score (nSPS) is 29.5. The third kappa shape index (κ3) is 2.69. The first-order valence-corrected chi connectivity index (χ1v) is 5.95. The Hall–Kier alpha value is -0.610. The van der Waals surface area contributed by atoms with E-state index in [1.807, 2.05) is 0 Å². The molecule has 4 nitrogen and oxygen atoms in total. The Morgan fingerprint density at radius 3 is 2.80 bits per heavy atom. The number of carbonyl (C=O) groups is 1. The van der Waals surface area contributed by atoms with E-state index in [0.29, 0.717) is 6.04 Å². The van der Waals surface area contributed by atoms with Gasteiger partial charge in [-0.15, -0.1) is 0 Å². The lowest BCUT2D eigenvalue weighted by atomic mass is 10.1. The number of piperazine rings is 1. The molecular weight excluding hydrogens is 192 g/mol. The number of rotatable bonds is 3. The van der Waals surface area contributed by atoms with E-state index < -0.39 is 5.97 Å². The van der Waals surface area contributed by atoms with Gasteiger partial charge in [-0.05, 0) is 12.8 Å². The van der Waals surface area contributed by atoms with Crippen LogP contribution in [0.3, 0.4) is 0 Å². The lowest BCUT2D eigenvalue weighted by Gasteiger charge is -2.39. The molecule has 86 valence electrons. The summed E-state index contributed by atoms with van der Waals surface area (Å²) in [5.41, 5.74) is 0. The smallest absolute Gasteiger partial charge is 0.304 e. The van der Waals surface area contributed by atoms with Crippen molar-refractivity contribution in [3.63, 3.8) is 0 Å². The molecule has 15 heavy (non-hydrogen) atoms. The molecule has 1 atom stereocenters. The molecular formula is C11H20N2O2. The summed E-state index contributed by atoms with van der Waals surface area (Å²) in [4.78, 5) is 13.2. The molecule has 0 radical (unpaired) electrons. The van der Waals surface area contributed by atoms with Gasteiger partial charge in [-0.2, -0.15) is 0 Å². The van der Waals surface area contributed by atoms with Crippen LogP contribution >= 0.6 is 0 Å². The van der Waals surface area contributed by atoms with Gasteiger partial charge in [-0.1, -0.05) is 12.8 Å². The highest BCUT2D eigenvalue weighted by atomic mass is 16.4. The van der Waals surface area contributed by atoms with Crippen LogP contribution in [0.5, 0.6) is 0 Å². The molecule has 1 unspecified atom stereocenters. The molecule has 1 heterocycles. The van der Waals surface area contributed by atoms with Gasteiger partial charge in [0, 0.05) is 31.7 Å². The van der Waals surface area contributed by atoms with E-state index in [9.17, 15) is 4.79 Å². The molecule has 2 rings (SSSR count). The average Bonchev–Trinajstić information content (AvgIpc) is 2.70. The van der Waals surface area contributed by atoms with Gasteiger partial charge >= 0.3 is 5.97 Å². The summed E-state index contributed by atoms with van der Waals surface area (Å²) in [6.07, 6.45) is 5.43. The number of nitrogens with one attached hydrogen (secondary N) is 1. The van der Waals surface area contributed by atoms with Gasteiger partial charge < -0.3 is 10.4 Å². The molecule has 2 fully saturated rings. The van der Waals surface area contributed by atoms with Crippen molar-refractivity contribution in [2.45, 2.75) is 44.2 Å². The van der Waals surface area contributed by atoms with Crippen molar-refractivity contribution in [3.05, 3.63) is 0 Å². The minimum absolute atomic E-state index is 0.208. The number of carboxylic acid groups (broad SMARTS) is 1. The minimum Gasteiger partial charge on any atom is -0.481 e. The third-order valence-corrected chi connectivity index (χ3v) is 3.60. The molecule has 2 aliphatic rings. The van der Waals surface area contributed by atoms with Gasteiger partial charge in [-0.3, -0.25) is 9.69 Å². The monoisotopic (exact) mass is 212 g/mol. The number of hydrogen-bond donors (Lipinski definition) is 2. The molecule has 4 heteroatoms. The standard InChI is InChI=1S/C11H20N2O2/c14-11(15)7-10-8-12-5-6-13(10)9-3-1-2-4-9/h9-10,12H,1-8H2,(H,14,15). The first-order chi connectivity index (χ1) is 7.27. The highest BCUT2D eigenvalue weighted by Crippen LogP contribution is 2.26. The topological polar surface area (TPSA) is 52.6 Å². The van der Waals surface area contributed by atoms with Crippen LogP contribution in [0, 0.1) is 0 Å². The van der Waals surface area contributed by atoms with Gasteiger partial charge in [0.05, 0.1) is 6.42 Å². The fourth-order valence-electron chi connectivity index (χ4n) is 2.88. The van der Waals surface area contributed by atoms with Gasteiger partial charge in [-0.25, -0.2) is 0 Å². The maximum absolute atomic E-state index is 10.8. The van der Waals surface area contributed by atoms with Crippen molar-refractivity contribution in [1.82, 2.24) is 10.2 Å². The summed E-state index contributed by atoms with van der Waals surface area (Å²) < 4.78 is 0. The van der Waals surface area contributed by atoms with Crippen LogP contribution in [0.2, 0.25) is 0 Å². The van der Waals surface area contributed by atoms with Crippen LogP contribution in [0.1, 0.15) is 32.1 Å². The van der Waals surface area contributed by atoms with Crippen LogP contribution < -0.4 is 5.32 Å². The molecule has 0 spiro atoms. The predicted molar refractivity (Wildman–Crippen MR) is 57.9 cm³/mol. The Balaban J connectivity index is 1.95. The zero-order valence-electron chi connectivity index (χ0n) is 9.11. The first-order valence-electron chi connectivity index (χ1n) is 5.95. The van der Waals surface area contributed by atoms with Crippen LogP contribution in [0.25, 0.3) is 0 Å². The highest BCUT2D eigenvalue weighted by molar-refractivity contribution is 5.67. The fourth-order valence-corrected chi connectivity index (χ4v) is 2.88. The van der Waals surface area contributed by atoms with Crippen molar-refractivity contribution in [2.24, 2.45) is 0 Å². The fraction of sp³-hybridized carbons (Fsp3) is 0.909. The van der Waals surface area contributed by atoms with Crippen LogP contribution in [0.4, 0.5) is 0 Å². The summed E-state index contributed by atoms with van der Waals surface area (Å²) in [5.74, 6) is -0.674. The molecule has 0 aromatic carbocycles. The lowest BCUT2D eigenvalue weighted by molar-refractivity contribution is -0.138. The number of hydrogen-bond acceptors (Lipinski definition) is 3. The maximum Gasteiger partial charge on any atom is 0.304 e. The third-order valence-electron chi connectivity index (χ3n) is 3.60. The van der Waals surface area contributed by atoms with Crippen LogP contribution in [-0.4, -0.2) is 47.7 Å². The molecule has 1 aliphatic carbocycles. The molecule has 0 amide bonds. The van der Waals surface area contributed by atoms with E-state index >= 15 is 0 Å². The average molecular weight is 212 g/mol. The summed E-state index contributed by atoms with van der Waals surface area (Å²) in [6.45, 7) is 2.86. The predicted octanol–water partition coefficient (Wildman–Crippen LogP) is 0.677. The summed E-state index contributed by atoms with van der Waals surface area (Å²) in [7, 11) is 0. The second-order valence-corrected chi connectivity index (χ2v) is 4.63. The van der Waals surface area contributed by atoms with E-state index in [1.165, 1.54) is 25.7 Å². The minimum atomic E-state index is -0.674. The summed E-state index contributed by atoms with van der Waals surface area (Å²) in [6, 6.07) is 0.857. The Morgan fingerprint density at radius 1 is 1.40 bits per heavy atom. The molecule has 0 aromatic rings. The summed E-state index contributed by atoms with van der Waals surface area (Å²) >= 11 is 0. The second kappa shape index (κ2) is 4.94. The van der Waals surface area contributed by atoms with Gasteiger partial charge in [0.1, 0.15) is 0 Å². The zero-order chi connectivity index (χ0) is 10.7. The number of nitrogens with zero attached hydrogens (tertiary/aromatic N) is 1. The molecule has 0 bridgehead atoms. The Morgan fingerprint density at radius 2 is 2.13 bits per heavy atom. The molecule has 1 saturated heterocycles. The van der Waals surface area contributed by atoms with E-state index in [-0.39, 0.29) is 12.5 Å². The number of aliphatic carboxylic acids is 1. The van der Waals surface area contributed by atoms with Gasteiger partial charge in [0.2, 0.25) is 0 Å². The molecule has 1 saturated carbocycles. The quantitative estimate of drug-likeness (QED) is 0.722. The Kier molecular flexibility index (Phi) is 3.59. The number of carboxylic acids is 1.